The number of carbonyl (C=O) groups is 1. The molecule has 1 aromatic carbocycles. The highest BCUT2D eigenvalue weighted by Crippen LogP contribution is 2.24. The molecule has 0 saturated heterocycles. The van der Waals surface area contributed by atoms with Crippen LogP contribution >= 0.6 is 0 Å². The number of hydrogen-bond acceptors (Lipinski definition) is 4. The number of aliphatic hydroxyl groups excluding tert-OH is 1. The first kappa shape index (κ1) is 10.8. The smallest absolute Gasteiger partial charge is 0.269 e. The Bertz CT molecular complexity index is 418. The van der Waals surface area contributed by atoms with Crippen molar-refractivity contribution in [1.82, 2.24) is 0 Å². The Morgan fingerprint density at radius 3 is 2.44 bits per heavy atom. The predicted octanol–water partition coefficient (Wildman–Crippen LogP) is 1.85. The van der Waals surface area contributed by atoms with Gasteiger partial charge in [-0.3, -0.25) is 14.9 Å². The summed E-state index contributed by atoms with van der Waals surface area (Å²) in [4.78, 5) is 21.1. The van der Waals surface area contributed by atoms with Crippen LogP contribution in [0.5, 0.6) is 0 Å². The Morgan fingerprint density at radius 2 is 2.06 bits per heavy atom. The molecule has 0 fully saturated rings. The molecular formula is C11H13NO4. The number of benzene rings is 1. The number of nitro groups is 1. The topological polar surface area (TPSA) is 80.4 Å². The Labute approximate surface area is 94.3 Å². The van der Waals surface area contributed by atoms with Crippen LogP contribution in [0.3, 0.4) is 0 Å². The highest BCUT2D eigenvalue weighted by molar-refractivity contribution is 5.78. The Kier molecular flexibility index (Phi) is 3.26. The van der Waals surface area contributed by atoms with E-state index in [4.69, 9.17) is 1.37 Å². The summed E-state index contributed by atoms with van der Waals surface area (Å²) >= 11 is 0. The Balaban J connectivity index is 2.92. The van der Waals surface area contributed by atoms with Gasteiger partial charge in [-0.15, -0.1) is 0 Å². The molecule has 5 nitrogen and oxygen atoms in total. The first-order valence-corrected chi connectivity index (χ1v) is 4.69. The van der Waals surface area contributed by atoms with Crippen molar-refractivity contribution in [2.24, 2.45) is 5.92 Å². The van der Waals surface area contributed by atoms with Crippen LogP contribution in [-0.4, -0.2) is 15.8 Å². The number of aliphatic hydroxyl groups is 1. The third-order valence-electron chi connectivity index (χ3n) is 2.35. The monoisotopic (exact) mass is 224 g/mol. The zero-order valence-corrected chi connectivity index (χ0v) is 8.79. The number of nitrogens with zero attached hydrogens (tertiary/aromatic N) is 1. The van der Waals surface area contributed by atoms with Crippen molar-refractivity contribution in [3.8, 4) is 0 Å². The summed E-state index contributed by atoms with van der Waals surface area (Å²) in [7, 11) is 0. The van der Waals surface area contributed by atoms with E-state index >= 15 is 0 Å². The molecule has 0 aliphatic rings. The van der Waals surface area contributed by atoms with E-state index < -0.39 is 16.9 Å². The summed E-state index contributed by atoms with van der Waals surface area (Å²) in [5.41, 5.74) is 0.328. The normalized spacial score (nSPS) is 15.0. The maximum Gasteiger partial charge on any atom is 0.269 e. The summed E-state index contributed by atoms with van der Waals surface area (Å²) in [5.74, 6) is -1.07. The Morgan fingerprint density at radius 1 is 1.50 bits per heavy atom. The average Bonchev–Trinajstić information content (AvgIpc) is 2.29. The number of carbonyl (C=O) groups excluding carboxylic acids is 1. The molecule has 0 aliphatic carbocycles. The quantitative estimate of drug-likeness (QED) is 0.625. The zero-order valence-electron chi connectivity index (χ0n) is 9.79. The summed E-state index contributed by atoms with van der Waals surface area (Å²) < 4.78 is 7.19. The third-order valence-corrected chi connectivity index (χ3v) is 2.35. The molecule has 16 heavy (non-hydrogen) atoms. The van der Waals surface area contributed by atoms with E-state index in [2.05, 4.69) is 0 Å². The SMILES string of the molecule is [2H]C[C@@H](C(C)=O)[C@@H](O)c1ccc([N+](=O)[O-])cc1. The maximum atomic E-state index is 11.2. The minimum absolute atomic E-state index is 0.0776. The van der Waals surface area contributed by atoms with Crippen LogP contribution in [0.25, 0.3) is 0 Å². The second kappa shape index (κ2) is 4.85. The van der Waals surface area contributed by atoms with Gasteiger partial charge in [-0.05, 0) is 24.6 Å². The van der Waals surface area contributed by atoms with E-state index in [1.807, 2.05) is 0 Å². The molecule has 0 radical (unpaired) electrons. The van der Waals surface area contributed by atoms with E-state index in [9.17, 15) is 20.0 Å². The first-order valence-electron chi connectivity index (χ1n) is 5.40. The van der Waals surface area contributed by atoms with Gasteiger partial charge in [0.2, 0.25) is 0 Å². The number of hydrogen-bond donors (Lipinski definition) is 1. The van der Waals surface area contributed by atoms with Gasteiger partial charge in [0.25, 0.3) is 5.69 Å². The van der Waals surface area contributed by atoms with Crippen molar-refractivity contribution in [3.05, 3.63) is 39.9 Å². The first-order chi connectivity index (χ1) is 7.97. The molecule has 1 aromatic rings. The van der Waals surface area contributed by atoms with Gasteiger partial charge in [0.1, 0.15) is 5.78 Å². The fraction of sp³-hybridized carbons (Fsp3) is 0.364. The van der Waals surface area contributed by atoms with Crippen molar-refractivity contribution in [2.75, 3.05) is 0 Å². The summed E-state index contributed by atoms with van der Waals surface area (Å²) in [6.45, 7) is 1.10. The fourth-order valence-corrected chi connectivity index (χ4v) is 1.25. The minimum atomic E-state index is -1.09. The van der Waals surface area contributed by atoms with Crippen molar-refractivity contribution < 1.29 is 16.2 Å². The van der Waals surface area contributed by atoms with Gasteiger partial charge in [0.05, 0.1) is 11.0 Å². The molecule has 0 amide bonds. The van der Waals surface area contributed by atoms with Crippen LogP contribution in [0.1, 0.15) is 26.9 Å². The van der Waals surface area contributed by atoms with Crippen molar-refractivity contribution >= 4 is 11.5 Å². The highest BCUT2D eigenvalue weighted by atomic mass is 16.6. The molecule has 0 unspecified atom stereocenters. The summed E-state index contributed by atoms with van der Waals surface area (Å²) in [6.07, 6.45) is -1.09. The number of nitro benzene ring substituents is 1. The van der Waals surface area contributed by atoms with Crippen molar-refractivity contribution in [2.45, 2.75) is 19.9 Å². The van der Waals surface area contributed by atoms with Crippen LogP contribution in [0.2, 0.25) is 0 Å². The lowest BCUT2D eigenvalue weighted by Crippen LogP contribution is -2.16. The number of Topliss-reactive ketones (excluding diaryl/α,β-unsaturated/α-hetero) is 1. The maximum absolute atomic E-state index is 11.2. The largest absolute Gasteiger partial charge is 0.388 e. The zero-order chi connectivity index (χ0) is 13.0. The van der Waals surface area contributed by atoms with Gasteiger partial charge in [-0.2, -0.15) is 0 Å². The van der Waals surface area contributed by atoms with Crippen LogP contribution in [-0.2, 0) is 4.79 Å². The van der Waals surface area contributed by atoms with Crippen molar-refractivity contribution in [3.63, 3.8) is 0 Å². The van der Waals surface area contributed by atoms with Gasteiger partial charge in [0, 0.05) is 19.4 Å². The predicted molar refractivity (Wildman–Crippen MR) is 57.9 cm³/mol. The number of non-ortho nitro benzene ring substituents is 1. The van der Waals surface area contributed by atoms with E-state index in [0.717, 1.165) is 0 Å². The van der Waals surface area contributed by atoms with Crippen LogP contribution in [0.4, 0.5) is 5.69 Å². The van der Waals surface area contributed by atoms with E-state index in [1.54, 1.807) is 0 Å². The summed E-state index contributed by atoms with van der Waals surface area (Å²) in [6, 6.07) is 5.32. The van der Waals surface area contributed by atoms with Gasteiger partial charge in [0.15, 0.2) is 0 Å². The highest BCUT2D eigenvalue weighted by Gasteiger charge is 2.20. The lowest BCUT2D eigenvalue weighted by molar-refractivity contribution is -0.384. The second-order valence-corrected chi connectivity index (χ2v) is 3.51. The molecule has 0 heterocycles. The molecule has 5 heteroatoms. The van der Waals surface area contributed by atoms with Crippen molar-refractivity contribution in [1.29, 1.82) is 0 Å². The van der Waals surface area contributed by atoms with Gasteiger partial charge >= 0.3 is 0 Å². The molecule has 1 N–H and O–H groups in total. The van der Waals surface area contributed by atoms with Crippen LogP contribution in [0, 0.1) is 16.0 Å². The molecule has 0 aliphatic heterocycles. The van der Waals surface area contributed by atoms with Gasteiger partial charge in [-0.25, -0.2) is 0 Å². The molecule has 0 bridgehead atoms. The number of rotatable bonds is 4. The van der Waals surface area contributed by atoms with Crippen LogP contribution < -0.4 is 0 Å². The van der Waals surface area contributed by atoms with E-state index in [0.29, 0.717) is 5.56 Å². The van der Waals surface area contributed by atoms with Gasteiger partial charge < -0.3 is 5.11 Å². The van der Waals surface area contributed by atoms with Crippen LogP contribution in [0.15, 0.2) is 24.3 Å². The molecular weight excluding hydrogens is 210 g/mol. The van der Waals surface area contributed by atoms with E-state index in [-0.39, 0.29) is 18.4 Å². The second-order valence-electron chi connectivity index (χ2n) is 3.51. The minimum Gasteiger partial charge on any atom is -0.388 e. The lowest BCUT2D eigenvalue weighted by Gasteiger charge is -2.16. The molecule has 0 aromatic heterocycles. The fourth-order valence-electron chi connectivity index (χ4n) is 1.25. The lowest BCUT2D eigenvalue weighted by atomic mass is 9.94. The molecule has 86 valence electrons. The molecule has 0 saturated carbocycles. The molecule has 2 atom stereocenters. The third kappa shape index (κ3) is 2.64. The average molecular weight is 224 g/mol. The molecule has 0 spiro atoms. The Hall–Kier alpha value is -1.75. The summed E-state index contributed by atoms with van der Waals surface area (Å²) in [5, 5.41) is 20.3. The molecule has 1 rings (SSSR count). The number of ketones is 1. The van der Waals surface area contributed by atoms with Gasteiger partial charge in [-0.1, -0.05) is 6.90 Å². The van der Waals surface area contributed by atoms with E-state index in [1.165, 1.54) is 31.2 Å². The standard InChI is InChI=1S/C11H13NO4/c1-7(8(2)13)11(14)9-3-5-10(6-4-9)12(15)16/h3-7,11,14H,1-2H3/t7-,11+/m0/s1/i1D.